The Morgan fingerprint density at radius 3 is 2.75 bits per heavy atom. The van der Waals surface area contributed by atoms with E-state index in [4.69, 9.17) is 5.21 Å². The molecule has 66 valence electrons. The molecule has 0 spiro atoms. The number of hydrogen-bond donors (Lipinski definition) is 2. The first-order valence-corrected chi connectivity index (χ1v) is 3.48. The van der Waals surface area contributed by atoms with E-state index in [1.54, 1.807) is 6.07 Å². The molecule has 0 bridgehead atoms. The van der Waals surface area contributed by atoms with Crippen molar-refractivity contribution >= 4 is 0 Å². The molecule has 0 aliphatic heterocycles. The lowest BCUT2D eigenvalue weighted by Crippen LogP contribution is -2.09. The molecule has 12 heavy (non-hydrogen) atoms. The minimum Gasteiger partial charge on any atom is -0.316 e. The number of hydrogen-bond acceptors (Lipinski definition) is 2. The lowest BCUT2D eigenvalue weighted by Gasteiger charge is -2.05. The summed E-state index contributed by atoms with van der Waals surface area (Å²) in [6.45, 7) is -0.805. The SMILES string of the molecule is ONCc1cccc(F)c1CF. The van der Waals surface area contributed by atoms with Crippen molar-refractivity contribution < 1.29 is 14.0 Å². The average molecular weight is 173 g/mol. The smallest absolute Gasteiger partial charge is 0.129 e. The van der Waals surface area contributed by atoms with Crippen LogP contribution in [-0.4, -0.2) is 5.21 Å². The number of halogens is 2. The van der Waals surface area contributed by atoms with E-state index in [0.29, 0.717) is 5.56 Å². The number of rotatable bonds is 3. The summed E-state index contributed by atoms with van der Waals surface area (Å²) in [5.74, 6) is -0.578. The van der Waals surface area contributed by atoms with Crippen molar-refractivity contribution in [3.05, 3.63) is 35.1 Å². The Labute approximate surface area is 68.8 Å². The molecule has 0 radical (unpaired) electrons. The predicted molar refractivity (Wildman–Crippen MR) is 39.8 cm³/mol. The molecule has 0 heterocycles. The molecule has 0 saturated carbocycles. The van der Waals surface area contributed by atoms with Gasteiger partial charge >= 0.3 is 0 Å². The third-order valence-electron chi connectivity index (χ3n) is 1.62. The fourth-order valence-corrected chi connectivity index (χ4v) is 1.00. The van der Waals surface area contributed by atoms with Gasteiger partial charge in [0.2, 0.25) is 0 Å². The van der Waals surface area contributed by atoms with Gasteiger partial charge in [-0.05, 0) is 11.6 Å². The van der Waals surface area contributed by atoms with Gasteiger partial charge < -0.3 is 5.21 Å². The summed E-state index contributed by atoms with van der Waals surface area (Å²) in [4.78, 5) is 0. The van der Waals surface area contributed by atoms with Crippen molar-refractivity contribution in [2.75, 3.05) is 0 Å². The van der Waals surface area contributed by atoms with Crippen LogP contribution in [0.15, 0.2) is 18.2 Å². The fraction of sp³-hybridized carbons (Fsp3) is 0.250. The van der Waals surface area contributed by atoms with E-state index in [0.717, 1.165) is 0 Å². The highest BCUT2D eigenvalue weighted by atomic mass is 19.1. The second-order valence-corrected chi connectivity index (χ2v) is 2.35. The summed E-state index contributed by atoms with van der Waals surface area (Å²) in [5.41, 5.74) is 2.28. The maximum atomic E-state index is 12.8. The first kappa shape index (κ1) is 9.09. The molecule has 0 aromatic heterocycles. The van der Waals surface area contributed by atoms with Gasteiger partial charge in [-0.1, -0.05) is 12.1 Å². The maximum absolute atomic E-state index is 12.8. The summed E-state index contributed by atoms with van der Waals surface area (Å²) in [7, 11) is 0. The monoisotopic (exact) mass is 173 g/mol. The Bertz CT molecular complexity index is 265. The second kappa shape index (κ2) is 4.13. The van der Waals surface area contributed by atoms with Crippen LogP contribution in [0.3, 0.4) is 0 Å². The predicted octanol–water partition coefficient (Wildman–Crippen LogP) is 1.77. The lowest BCUT2D eigenvalue weighted by atomic mass is 10.1. The van der Waals surface area contributed by atoms with Gasteiger partial charge in [0.15, 0.2) is 0 Å². The molecule has 2 nitrogen and oxygen atoms in total. The highest BCUT2D eigenvalue weighted by Crippen LogP contribution is 2.14. The molecule has 1 aromatic carbocycles. The largest absolute Gasteiger partial charge is 0.316 e. The van der Waals surface area contributed by atoms with Gasteiger partial charge in [-0.15, -0.1) is 0 Å². The van der Waals surface area contributed by atoms with Crippen molar-refractivity contribution in [1.82, 2.24) is 5.48 Å². The highest BCUT2D eigenvalue weighted by Gasteiger charge is 2.06. The second-order valence-electron chi connectivity index (χ2n) is 2.35. The van der Waals surface area contributed by atoms with Crippen LogP contribution >= 0.6 is 0 Å². The van der Waals surface area contributed by atoms with Crippen molar-refractivity contribution in [3.63, 3.8) is 0 Å². The van der Waals surface area contributed by atoms with Crippen LogP contribution < -0.4 is 5.48 Å². The summed E-state index contributed by atoms with van der Waals surface area (Å²) in [5, 5.41) is 8.34. The topological polar surface area (TPSA) is 32.3 Å². The zero-order chi connectivity index (χ0) is 8.97. The highest BCUT2D eigenvalue weighted by molar-refractivity contribution is 5.27. The van der Waals surface area contributed by atoms with Crippen molar-refractivity contribution in [3.8, 4) is 0 Å². The van der Waals surface area contributed by atoms with Gasteiger partial charge in [0.25, 0.3) is 0 Å². The van der Waals surface area contributed by atoms with Crippen LogP contribution in [0, 0.1) is 5.82 Å². The summed E-state index contributed by atoms with van der Waals surface area (Å²) < 4.78 is 25.0. The Morgan fingerprint density at radius 2 is 2.17 bits per heavy atom. The van der Waals surface area contributed by atoms with E-state index >= 15 is 0 Å². The minimum absolute atomic E-state index is 0.000880. The van der Waals surface area contributed by atoms with E-state index < -0.39 is 12.5 Å². The quantitative estimate of drug-likeness (QED) is 0.683. The van der Waals surface area contributed by atoms with Crippen molar-refractivity contribution in [1.29, 1.82) is 0 Å². The molecule has 0 fully saturated rings. The fourth-order valence-electron chi connectivity index (χ4n) is 1.00. The molecule has 0 saturated heterocycles. The number of alkyl halides is 1. The van der Waals surface area contributed by atoms with Crippen LogP contribution in [-0.2, 0) is 13.2 Å². The Kier molecular flexibility index (Phi) is 3.13. The maximum Gasteiger partial charge on any atom is 0.129 e. The van der Waals surface area contributed by atoms with Gasteiger partial charge in [-0.2, -0.15) is 0 Å². The van der Waals surface area contributed by atoms with Gasteiger partial charge in [-0.3, -0.25) is 0 Å². The molecular formula is C8H9F2NO. The van der Waals surface area contributed by atoms with E-state index in [9.17, 15) is 8.78 Å². The molecular weight excluding hydrogens is 164 g/mol. The molecule has 0 atom stereocenters. The van der Waals surface area contributed by atoms with Gasteiger partial charge in [0, 0.05) is 12.1 Å². The molecule has 0 aliphatic rings. The minimum atomic E-state index is -0.857. The molecule has 1 rings (SSSR count). The third kappa shape index (κ3) is 1.78. The standard InChI is InChI=1S/C8H9F2NO/c9-4-7-6(5-11-12)2-1-3-8(7)10/h1-3,11-12H,4-5H2. The number of hydroxylamine groups is 1. The lowest BCUT2D eigenvalue weighted by molar-refractivity contribution is 0.160. The zero-order valence-corrected chi connectivity index (χ0v) is 6.35. The van der Waals surface area contributed by atoms with E-state index in [1.165, 1.54) is 12.1 Å². The molecule has 0 amide bonds. The summed E-state index contributed by atoms with van der Waals surface area (Å²) in [6, 6.07) is 4.22. The first-order valence-electron chi connectivity index (χ1n) is 3.48. The molecule has 0 unspecified atom stereocenters. The molecule has 4 heteroatoms. The summed E-state index contributed by atoms with van der Waals surface area (Å²) in [6.07, 6.45) is 0. The summed E-state index contributed by atoms with van der Waals surface area (Å²) >= 11 is 0. The van der Waals surface area contributed by atoms with E-state index in [-0.39, 0.29) is 12.1 Å². The van der Waals surface area contributed by atoms with Gasteiger partial charge in [0.05, 0.1) is 0 Å². The van der Waals surface area contributed by atoms with Crippen molar-refractivity contribution in [2.24, 2.45) is 0 Å². The Balaban J connectivity index is 3.00. The van der Waals surface area contributed by atoms with E-state index in [2.05, 4.69) is 0 Å². The third-order valence-corrected chi connectivity index (χ3v) is 1.62. The molecule has 1 aromatic rings. The van der Waals surface area contributed by atoms with Crippen LogP contribution in [0.4, 0.5) is 8.78 Å². The normalized spacial score (nSPS) is 10.2. The van der Waals surface area contributed by atoms with Crippen molar-refractivity contribution in [2.45, 2.75) is 13.2 Å². The van der Waals surface area contributed by atoms with Crippen LogP contribution in [0.5, 0.6) is 0 Å². The average Bonchev–Trinajstić information content (AvgIpc) is 2.05. The molecule has 2 N–H and O–H groups in total. The number of nitrogens with one attached hydrogen (secondary N) is 1. The zero-order valence-electron chi connectivity index (χ0n) is 6.35. The van der Waals surface area contributed by atoms with E-state index in [1.807, 2.05) is 5.48 Å². The van der Waals surface area contributed by atoms with Crippen LogP contribution in [0.2, 0.25) is 0 Å². The first-order chi connectivity index (χ1) is 5.79. The Morgan fingerprint density at radius 1 is 1.42 bits per heavy atom. The van der Waals surface area contributed by atoms with Crippen LogP contribution in [0.1, 0.15) is 11.1 Å². The van der Waals surface area contributed by atoms with Gasteiger partial charge in [-0.25, -0.2) is 14.3 Å². The van der Waals surface area contributed by atoms with Gasteiger partial charge in [0.1, 0.15) is 12.5 Å². The number of benzene rings is 1. The molecule has 0 aliphatic carbocycles. The van der Waals surface area contributed by atoms with Crippen LogP contribution in [0.25, 0.3) is 0 Å². The Hall–Kier alpha value is -1.00.